The Morgan fingerprint density at radius 3 is 2.75 bits per heavy atom. The van der Waals surface area contributed by atoms with Crippen molar-refractivity contribution in [3.05, 3.63) is 0 Å². The Balaban J connectivity index is 0.00000225. The van der Waals surface area contributed by atoms with Gasteiger partial charge >= 0.3 is 0 Å². The quantitative estimate of drug-likeness (QED) is 0.647. The Morgan fingerprint density at radius 1 is 1.62 bits per heavy atom. The molecule has 1 aliphatic rings. The summed E-state index contributed by atoms with van der Waals surface area (Å²) in [6.07, 6.45) is 1.61. The van der Waals surface area contributed by atoms with Crippen LogP contribution in [0.4, 0.5) is 0 Å². The predicted octanol–water partition coefficient (Wildman–Crippen LogP) is -0.212. The monoisotopic (exact) mass is 249 g/mol. The third kappa shape index (κ3) is 3.64. The molecule has 1 saturated heterocycles. The number of amides is 2. The number of halogens is 1. The van der Waals surface area contributed by atoms with E-state index in [0.29, 0.717) is 13.0 Å². The first-order chi connectivity index (χ1) is 6.97. The highest BCUT2D eigenvalue weighted by molar-refractivity contribution is 5.90. The van der Waals surface area contributed by atoms with Crippen LogP contribution >= 0.6 is 12.4 Å². The molecule has 6 heteroatoms. The van der Waals surface area contributed by atoms with Crippen LogP contribution in [-0.4, -0.2) is 30.9 Å². The summed E-state index contributed by atoms with van der Waals surface area (Å²) in [6, 6.07) is -0.392. The van der Waals surface area contributed by atoms with E-state index in [9.17, 15) is 9.59 Å². The van der Waals surface area contributed by atoms with E-state index < -0.39 is 11.5 Å². The lowest BCUT2D eigenvalue weighted by atomic mass is 9.92. The molecule has 0 bridgehead atoms. The number of hydrogen-bond acceptors (Lipinski definition) is 3. The highest BCUT2D eigenvalue weighted by Crippen LogP contribution is 2.14. The second-order valence-electron chi connectivity index (χ2n) is 4.55. The van der Waals surface area contributed by atoms with E-state index in [0.717, 1.165) is 6.42 Å². The average Bonchev–Trinajstić information content (AvgIpc) is 2.21. The van der Waals surface area contributed by atoms with Crippen molar-refractivity contribution >= 4 is 24.2 Å². The minimum Gasteiger partial charge on any atom is -0.354 e. The largest absolute Gasteiger partial charge is 0.354 e. The molecular formula is C10H20ClN3O2. The predicted molar refractivity (Wildman–Crippen MR) is 64.3 cm³/mol. The van der Waals surface area contributed by atoms with Crippen LogP contribution in [0.5, 0.6) is 0 Å². The molecule has 0 aromatic carbocycles. The van der Waals surface area contributed by atoms with Gasteiger partial charge in [-0.15, -0.1) is 12.4 Å². The molecule has 0 saturated carbocycles. The van der Waals surface area contributed by atoms with Crippen LogP contribution < -0.4 is 16.4 Å². The van der Waals surface area contributed by atoms with Gasteiger partial charge in [-0.05, 0) is 26.7 Å². The lowest BCUT2D eigenvalue weighted by Gasteiger charge is -2.27. The van der Waals surface area contributed by atoms with Crippen LogP contribution in [0.3, 0.4) is 0 Å². The fourth-order valence-electron chi connectivity index (χ4n) is 1.36. The molecule has 4 N–H and O–H groups in total. The van der Waals surface area contributed by atoms with Gasteiger partial charge in [-0.2, -0.15) is 0 Å². The second-order valence-corrected chi connectivity index (χ2v) is 4.55. The summed E-state index contributed by atoms with van der Waals surface area (Å²) in [5.41, 5.74) is 4.87. The number of nitrogens with two attached hydrogens (primary N) is 1. The fourth-order valence-corrected chi connectivity index (χ4v) is 1.36. The highest BCUT2D eigenvalue weighted by Gasteiger charge is 2.30. The smallest absolute Gasteiger partial charge is 0.242 e. The molecule has 0 aliphatic carbocycles. The molecule has 0 spiro atoms. The summed E-state index contributed by atoms with van der Waals surface area (Å²) in [4.78, 5) is 23.1. The minimum atomic E-state index is -0.613. The van der Waals surface area contributed by atoms with Crippen LogP contribution in [-0.2, 0) is 9.59 Å². The Labute approximate surface area is 102 Å². The van der Waals surface area contributed by atoms with E-state index in [2.05, 4.69) is 10.6 Å². The summed E-state index contributed by atoms with van der Waals surface area (Å²) in [6.45, 7) is 4.50. The van der Waals surface area contributed by atoms with Crippen molar-refractivity contribution in [3.63, 3.8) is 0 Å². The van der Waals surface area contributed by atoms with E-state index in [-0.39, 0.29) is 30.8 Å². The lowest BCUT2D eigenvalue weighted by molar-refractivity contribution is -0.134. The molecule has 0 radical (unpaired) electrons. The van der Waals surface area contributed by atoms with E-state index in [1.165, 1.54) is 0 Å². The molecule has 1 fully saturated rings. The summed E-state index contributed by atoms with van der Waals surface area (Å²) >= 11 is 0. The standard InChI is InChI=1S/C10H19N3O2.ClH/c1-10(2,6-11)9(15)13-7-4-3-5-12-8(7)14;/h7H,3-6,11H2,1-2H3,(H,12,14)(H,13,15);1H. The van der Waals surface area contributed by atoms with Gasteiger partial charge in [-0.1, -0.05) is 0 Å². The number of nitrogens with one attached hydrogen (secondary N) is 2. The lowest BCUT2D eigenvalue weighted by Crippen LogP contribution is -2.54. The van der Waals surface area contributed by atoms with Crippen LogP contribution in [0.1, 0.15) is 26.7 Å². The Bertz CT molecular complexity index is 269. The molecule has 5 nitrogen and oxygen atoms in total. The molecule has 94 valence electrons. The molecule has 0 aromatic rings. The van der Waals surface area contributed by atoms with Crippen molar-refractivity contribution in [2.45, 2.75) is 32.7 Å². The van der Waals surface area contributed by atoms with Crippen molar-refractivity contribution in [1.29, 1.82) is 0 Å². The maximum absolute atomic E-state index is 11.7. The van der Waals surface area contributed by atoms with Crippen molar-refractivity contribution in [1.82, 2.24) is 10.6 Å². The zero-order chi connectivity index (χ0) is 11.5. The van der Waals surface area contributed by atoms with Crippen molar-refractivity contribution in [3.8, 4) is 0 Å². The first-order valence-corrected chi connectivity index (χ1v) is 5.26. The number of carbonyl (C=O) groups is 2. The number of rotatable bonds is 3. The van der Waals surface area contributed by atoms with Gasteiger partial charge in [0.05, 0.1) is 5.41 Å². The number of piperidine rings is 1. The van der Waals surface area contributed by atoms with Crippen molar-refractivity contribution in [2.24, 2.45) is 11.1 Å². The normalized spacial score (nSPS) is 20.7. The highest BCUT2D eigenvalue weighted by atomic mass is 35.5. The first-order valence-electron chi connectivity index (χ1n) is 5.26. The minimum absolute atomic E-state index is 0. The maximum Gasteiger partial charge on any atom is 0.242 e. The molecule has 1 rings (SSSR count). The molecular weight excluding hydrogens is 230 g/mol. The van der Waals surface area contributed by atoms with Crippen LogP contribution in [0.15, 0.2) is 0 Å². The average molecular weight is 250 g/mol. The van der Waals surface area contributed by atoms with Gasteiger partial charge in [0.15, 0.2) is 0 Å². The third-order valence-corrected chi connectivity index (χ3v) is 2.72. The number of carbonyl (C=O) groups excluding carboxylic acids is 2. The van der Waals surface area contributed by atoms with E-state index >= 15 is 0 Å². The summed E-state index contributed by atoms with van der Waals surface area (Å²) in [7, 11) is 0. The van der Waals surface area contributed by atoms with Gasteiger partial charge in [-0.25, -0.2) is 0 Å². The fraction of sp³-hybridized carbons (Fsp3) is 0.800. The van der Waals surface area contributed by atoms with Gasteiger partial charge in [0.25, 0.3) is 0 Å². The van der Waals surface area contributed by atoms with E-state index in [1.807, 2.05) is 0 Å². The van der Waals surface area contributed by atoms with Crippen LogP contribution in [0, 0.1) is 5.41 Å². The van der Waals surface area contributed by atoms with Gasteiger partial charge in [0, 0.05) is 13.1 Å². The van der Waals surface area contributed by atoms with Crippen molar-refractivity contribution in [2.75, 3.05) is 13.1 Å². The molecule has 1 aliphatic heterocycles. The molecule has 0 aromatic heterocycles. The van der Waals surface area contributed by atoms with Crippen molar-refractivity contribution < 1.29 is 9.59 Å². The maximum atomic E-state index is 11.7. The molecule has 16 heavy (non-hydrogen) atoms. The zero-order valence-electron chi connectivity index (χ0n) is 9.71. The molecule has 1 unspecified atom stereocenters. The third-order valence-electron chi connectivity index (χ3n) is 2.72. The molecule has 2 amide bonds. The van der Waals surface area contributed by atoms with Gasteiger partial charge in [-0.3, -0.25) is 9.59 Å². The van der Waals surface area contributed by atoms with Gasteiger partial charge in [0.2, 0.25) is 11.8 Å². The Hall–Kier alpha value is -0.810. The molecule has 1 atom stereocenters. The molecule has 1 heterocycles. The topological polar surface area (TPSA) is 84.2 Å². The van der Waals surface area contributed by atoms with Gasteiger partial charge in [0.1, 0.15) is 6.04 Å². The summed E-state index contributed by atoms with van der Waals surface area (Å²) in [5.74, 6) is -0.255. The summed E-state index contributed by atoms with van der Waals surface area (Å²) in [5, 5.41) is 5.45. The Morgan fingerprint density at radius 2 is 2.25 bits per heavy atom. The summed E-state index contributed by atoms with van der Waals surface area (Å²) < 4.78 is 0. The number of hydrogen-bond donors (Lipinski definition) is 3. The van der Waals surface area contributed by atoms with Crippen LogP contribution in [0.2, 0.25) is 0 Å². The second kappa shape index (κ2) is 6.06. The van der Waals surface area contributed by atoms with Gasteiger partial charge < -0.3 is 16.4 Å². The van der Waals surface area contributed by atoms with E-state index in [4.69, 9.17) is 5.73 Å². The first kappa shape index (κ1) is 15.2. The Kier molecular flexibility index (Phi) is 5.75. The van der Waals surface area contributed by atoms with E-state index in [1.54, 1.807) is 13.8 Å². The SMILES string of the molecule is CC(C)(CN)C(=O)NC1CCCNC1=O.Cl. The van der Waals surface area contributed by atoms with Crippen LogP contribution in [0.25, 0.3) is 0 Å². The zero-order valence-corrected chi connectivity index (χ0v) is 10.5.